The van der Waals surface area contributed by atoms with Crippen molar-refractivity contribution in [2.45, 2.75) is 12.8 Å². The maximum atomic E-state index is 4.55. The van der Waals surface area contributed by atoms with E-state index in [1.165, 1.54) is 5.56 Å². The van der Waals surface area contributed by atoms with Crippen LogP contribution in [0.25, 0.3) is 10.9 Å². The van der Waals surface area contributed by atoms with E-state index in [2.05, 4.69) is 51.1 Å². The van der Waals surface area contributed by atoms with Gasteiger partial charge < -0.3 is 4.98 Å². The van der Waals surface area contributed by atoms with Crippen molar-refractivity contribution in [3.8, 4) is 0 Å². The molecule has 112 valence electrons. The molecule has 1 N–H and O–H groups in total. The fraction of sp³-hybridized carbons (Fsp3) is 0.105. The molecule has 4 rings (SSSR count). The zero-order valence-electron chi connectivity index (χ0n) is 12.8. The zero-order chi connectivity index (χ0) is 15.6. The monoisotopic (exact) mass is 300 g/mol. The lowest BCUT2D eigenvalue weighted by Crippen LogP contribution is -2.06. The highest BCUT2D eigenvalue weighted by Crippen LogP contribution is 2.30. The number of rotatable bonds is 3. The normalized spacial score (nSPS) is 12.4. The van der Waals surface area contributed by atoms with Crippen LogP contribution in [-0.2, 0) is 0 Å². The average Bonchev–Trinajstić information content (AvgIpc) is 3.10. The van der Waals surface area contributed by atoms with Crippen LogP contribution < -0.4 is 0 Å². The predicted octanol–water partition coefficient (Wildman–Crippen LogP) is 3.84. The van der Waals surface area contributed by atoms with Gasteiger partial charge >= 0.3 is 0 Å². The molecule has 0 bridgehead atoms. The quantitative estimate of drug-likeness (QED) is 0.625. The first kappa shape index (κ1) is 13.6. The van der Waals surface area contributed by atoms with Gasteiger partial charge in [-0.25, -0.2) is 4.98 Å². The summed E-state index contributed by atoms with van der Waals surface area (Å²) in [5.41, 5.74) is 5.32. The van der Waals surface area contributed by atoms with Crippen LogP contribution in [0.5, 0.6) is 0 Å². The molecule has 4 heteroatoms. The van der Waals surface area contributed by atoms with Crippen molar-refractivity contribution in [2.75, 3.05) is 0 Å². The molecule has 1 unspecified atom stereocenters. The molecule has 0 saturated carbocycles. The van der Waals surface area contributed by atoms with Crippen molar-refractivity contribution >= 4 is 10.9 Å². The zero-order valence-corrected chi connectivity index (χ0v) is 12.8. The molecule has 0 saturated heterocycles. The van der Waals surface area contributed by atoms with Crippen molar-refractivity contribution in [1.29, 1.82) is 0 Å². The highest BCUT2D eigenvalue weighted by atomic mass is 14.9. The number of aryl methyl sites for hydroxylation is 1. The number of H-pyrrole nitrogens is 1. The minimum Gasteiger partial charge on any atom is -0.348 e. The molecule has 0 aliphatic heterocycles. The van der Waals surface area contributed by atoms with Crippen molar-refractivity contribution in [2.24, 2.45) is 0 Å². The summed E-state index contributed by atoms with van der Waals surface area (Å²) in [6, 6.07) is 14.5. The summed E-state index contributed by atoms with van der Waals surface area (Å²) in [6.45, 7) is 2.06. The first-order valence-corrected chi connectivity index (χ1v) is 7.57. The molecule has 0 fully saturated rings. The van der Waals surface area contributed by atoms with Crippen molar-refractivity contribution < 1.29 is 0 Å². The molecule has 3 aromatic heterocycles. The largest absolute Gasteiger partial charge is 0.348 e. The summed E-state index contributed by atoms with van der Waals surface area (Å²) in [5.74, 6) is 0.0196. The molecule has 4 aromatic rings. The first-order chi connectivity index (χ1) is 11.3. The number of imidazole rings is 1. The number of pyridine rings is 2. The summed E-state index contributed by atoms with van der Waals surface area (Å²) in [6.07, 6.45) is 7.28. The Balaban J connectivity index is 1.88. The standard InChI is InChI=1S/C19H16N4/c1-13-8-14-5-6-15(9-17(14)22-10-13)19(18-11-20-12-23-18)16-4-2-3-7-21-16/h2-12,19H,1H3,(H,20,23). The van der Waals surface area contributed by atoms with E-state index >= 15 is 0 Å². The Labute approximate surface area is 134 Å². The lowest BCUT2D eigenvalue weighted by Gasteiger charge is -2.16. The van der Waals surface area contributed by atoms with Crippen molar-refractivity contribution in [3.63, 3.8) is 0 Å². The van der Waals surface area contributed by atoms with Gasteiger partial charge in [0.2, 0.25) is 0 Å². The van der Waals surface area contributed by atoms with Gasteiger partial charge in [0.25, 0.3) is 0 Å². The molecule has 3 heterocycles. The number of hydrogen-bond acceptors (Lipinski definition) is 3. The summed E-state index contributed by atoms with van der Waals surface area (Å²) in [7, 11) is 0. The van der Waals surface area contributed by atoms with Crippen molar-refractivity contribution in [3.05, 3.63) is 89.9 Å². The van der Waals surface area contributed by atoms with E-state index in [0.717, 1.165) is 27.9 Å². The number of aromatic amines is 1. The predicted molar refractivity (Wildman–Crippen MR) is 90.2 cm³/mol. The summed E-state index contributed by atoms with van der Waals surface area (Å²) in [5, 5.41) is 1.15. The topological polar surface area (TPSA) is 54.5 Å². The second-order valence-electron chi connectivity index (χ2n) is 5.66. The van der Waals surface area contributed by atoms with Gasteiger partial charge in [-0.2, -0.15) is 0 Å². The molecule has 0 aliphatic rings. The number of hydrogen-bond donors (Lipinski definition) is 1. The van der Waals surface area contributed by atoms with E-state index in [1.807, 2.05) is 36.8 Å². The van der Waals surface area contributed by atoms with Crippen LogP contribution in [0, 0.1) is 6.92 Å². The molecule has 0 radical (unpaired) electrons. The highest BCUT2D eigenvalue weighted by Gasteiger charge is 2.19. The third-order valence-electron chi connectivity index (χ3n) is 3.99. The van der Waals surface area contributed by atoms with Crippen LogP contribution in [0.1, 0.15) is 28.4 Å². The molecule has 0 amide bonds. The first-order valence-electron chi connectivity index (χ1n) is 7.57. The van der Waals surface area contributed by atoms with E-state index in [4.69, 9.17) is 0 Å². The highest BCUT2D eigenvalue weighted by molar-refractivity contribution is 5.80. The number of nitrogens with zero attached hydrogens (tertiary/aromatic N) is 3. The Kier molecular flexibility index (Phi) is 3.35. The van der Waals surface area contributed by atoms with Crippen LogP contribution in [0.15, 0.2) is 67.4 Å². The number of benzene rings is 1. The second kappa shape index (κ2) is 5.65. The summed E-state index contributed by atoms with van der Waals surface area (Å²) in [4.78, 5) is 16.5. The smallest absolute Gasteiger partial charge is 0.0922 e. The maximum Gasteiger partial charge on any atom is 0.0922 e. The summed E-state index contributed by atoms with van der Waals surface area (Å²) >= 11 is 0. The van der Waals surface area contributed by atoms with E-state index in [-0.39, 0.29) is 5.92 Å². The number of fused-ring (bicyclic) bond motifs is 1. The third kappa shape index (κ3) is 2.59. The van der Waals surface area contributed by atoms with Gasteiger partial charge in [-0.3, -0.25) is 9.97 Å². The Bertz CT molecular complexity index is 930. The van der Waals surface area contributed by atoms with Crippen LogP contribution in [-0.4, -0.2) is 19.9 Å². The molecule has 0 aliphatic carbocycles. The van der Waals surface area contributed by atoms with Gasteiger partial charge in [0, 0.05) is 29.7 Å². The van der Waals surface area contributed by atoms with Gasteiger partial charge in [-0.1, -0.05) is 18.2 Å². The van der Waals surface area contributed by atoms with Gasteiger partial charge in [0.15, 0.2) is 0 Å². The minimum atomic E-state index is 0.0196. The molecule has 0 spiro atoms. The lowest BCUT2D eigenvalue weighted by atomic mass is 9.91. The SMILES string of the molecule is Cc1cnc2cc(C(c3ccccn3)c3cnc[nH]3)ccc2c1. The summed E-state index contributed by atoms with van der Waals surface area (Å²) < 4.78 is 0. The van der Waals surface area contributed by atoms with E-state index in [9.17, 15) is 0 Å². The molecule has 1 aromatic carbocycles. The van der Waals surface area contributed by atoms with Gasteiger partial charge in [-0.15, -0.1) is 0 Å². The van der Waals surface area contributed by atoms with Crippen molar-refractivity contribution in [1.82, 2.24) is 19.9 Å². The Morgan fingerprint density at radius 1 is 1.00 bits per heavy atom. The van der Waals surface area contributed by atoms with Gasteiger partial charge in [0.1, 0.15) is 0 Å². The van der Waals surface area contributed by atoms with Gasteiger partial charge in [-0.05, 0) is 42.3 Å². The maximum absolute atomic E-state index is 4.55. The fourth-order valence-electron chi connectivity index (χ4n) is 2.91. The van der Waals surface area contributed by atoms with Crippen LogP contribution in [0.4, 0.5) is 0 Å². The van der Waals surface area contributed by atoms with E-state index in [0.29, 0.717) is 0 Å². The Morgan fingerprint density at radius 2 is 1.96 bits per heavy atom. The van der Waals surface area contributed by atoms with Crippen LogP contribution in [0.2, 0.25) is 0 Å². The van der Waals surface area contributed by atoms with Crippen LogP contribution >= 0.6 is 0 Å². The Hall–Kier alpha value is -3.01. The third-order valence-corrected chi connectivity index (χ3v) is 3.99. The molecular weight excluding hydrogens is 284 g/mol. The number of nitrogens with one attached hydrogen (secondary N) is 1. The van der Waals surface area contributed by atoms with E-state index < -0.39 is 0 Å². The molecule has 4 nitrogen and oxygen atoms in total. The lowest BCUT2D eigenvalue weighted by molar-refractivity contribution is 0.887. The fourth-order valence-corrected chi connectivity index (χ4v) is 2.91. The van der Waals surface area contributed by atoms with Gasteiger partial charge in [0.05, 0.1) is 23.5 Å². The molecule has 1 atom stereocenters. The minimum absolute atomic E-state index is 0.0196. The second-order valence-corrected chi connectivity index (χ2v) is 5.66. The van der Waals surface area contributed by atoms with Crippen LogP contribution in [0.3, 0.4) is 0 Å². The molecular formula is C19H16N4. The average molecular weight is 300 g/mol. The Morgan fingerprint density at radius 3 is 2.74 bits per heavy atom. The number of aromatic nitrogens is 4. The molecule has 23 heavy (non-hydrogen) atoms. The van der Waals surface area contributed by atoms with E-state index in [1.54, 1.807) is 6.33 Å².